The van der Waals surface area contributed by atoms with Crippen LogP contribution in [0, 0.1) is 5.92 Å². The zero-order chi connectivity index (χ0) is 17.4. The molecule has 0 saturated carbocycles. The van der Waals surface area contributed by atoms with Crippen LogP contribution in [0.4, 0.5) is 5.69 Å². The molecular formula is C14H18ClN3O4S. The summed E-state index contributed by atoms with van der Waals surface area (Å²) in [6.45, 7) is 0.243. The first kappa shape index (κ1) is 17.7. The highest BCUT2D eigenvalue weighted by Crippen LogP contribution is 2.29. The number of amides is 2. The minimum atomic E-state index is -3.64. The van der Waals surface area contributed by atoms with E-state index in [4.69, 9.17) is 16.7 Å². The summed E-state index contributed by atoms with van der Waals surface area (Å²) in [6, 6.07) is 4.72. The van der Waals surface area contributed by atoms with Crippen LogP contribution >= 0.6 is 11.6 Å². The number of carbonyl (C=O) groups excluding carboxylic acids is 2. The summed E-state index contributed by atoms with van der Waals surface area (Å²) in [7, 11) is -0.426. The molecule has 0 aromatic heterocycles. The fraction of sp³-hybridized carbons (Fsp3) is 0.429. The number of benzene rings is 1. The van der Waals surface area contributed by atoms with Crippen molar-refractivity contribution in [3.63, 3.8) is 0 Å². The summed E-state index contributed by atoms with van der Waals surface area (Å²) in [5.74, 6) is -1.08. The van der Waals surface area contributed by atoms with E-state index in [1.807, 2.05) is 0 Å². The van der Waals surface area contributed by atoms with Crippen LogP contribution in [0.3, 0.4) is 0 Å². The molecule has 126 valence electrons. The van der Waals surface area contributed by atoms with Gasteiger partial charge in [-0.25, -0.2) is 13.6 Å². The molecule has 0 bridgehead atoms. The molecule has 0 aliphatic carbocycles. The van der Waals surface area contributed by atoms with Crippen LogP contribution in [0.2, 0.25) is 5.02 Å². The topological polar surface area (TPSA) is 101 Å². The lowest BCUT2D eigenvalue weighted by Gasteiger charge is -2.19. The summed E-state index contributed by atoms with van der Waals surface area (Å²) < 4.78 is 22.4. The van der Waals surface area contributed by atoms with Gasteiger partial charge in [0.25, 0.3) is 5.91 Å². The van der Waals surface area contributed by atoms with E-state index in [2.05, 4.69) is 0 Å². The minimum Gasteiger partial charge on any atom is -0.345 e. The molecule has 2 rings (SSSR count). The summed E-state index contributed by atoms with van der Waals surface area (Å²) >= 11 is 6.05. The molecule has 0 spiro atoms. The molecular weight excluding hydrogens is 342 g/mol. The Morgan fingerprint density at radius 3 is 2.65 bits per heavy atom. The summed E-state index contributed by atoms with van der Waals surface area (Å²) in [4.78, 5) is 27.1. The first-order valence-corrected chi connectivity index (χ1v) is 9.00. The van der Waals surface area contributed by atoms with Crippen molar-refractivity contribution in [2.45, 2.75) is 6.42 Å². The fourth-order valence-electron chi connectivity index (χ4n) is 2.56. The third-order valence-corrected chi connectivity index (χ3v) is 4.84. The molecule has 1 atom stereocenters. The van der Waals surface area contributed by atoms with Crippen LogP contribution < -0.4 is 10.0 Å². The van der Waals surface area contributed by atoms with Crippen molar-refractivity contribution in [3.05, 3.63) is 28.8 Å². The summed E-state index contributed by atoms with van der Waals surface area (Å²) in [5, 5.41) is 5.33. The molecule has 23 heavy (non-hydrogen) atoms. The molecule has 1 fully saturated rings. The molecule has 7 nitrogen and oxygen atoms in total. The Kier molecular flexibility index (Phi) is 4.98. The first-order valence-electron chi connectivity index (χ1n) is 6.90. The second-order valence-corrected chi connectivity index (χ2v) is 7.83. The van der Waals surface area contributed by atoms with Crippen molar-refractivity contribution in [1.29, 1.82) is 0 Å². The van der Waals surface area contributed by atoms with Crippen LogP contribution in [0.1, 0.15) is 16.8 Å². The largest absolute Gasteiger partial charge is 0.345 e. The monoisotopic (exact) mass is 359 g/mol. The number of hydrogen-bond acceptors (Lipinski definition) is 4. The summed E-state index contributed by atoms with van der Waals surface area (Å²) in [6.07, 6.45) is 0.107. The average Bonchev–Trinajstić information content (AvgIpc) is 2.77. The normalized spacial score (nSPS) is 18.3. The molecule has 1 saturated heterocycles. The predicted molar refractivity (Wildman–Crippen MR) is 87.9 cm³/mol. The molecule has 1 unspecified atom stereocenters. The number of hydrogen-bond donors (Lipinski definition) is 1. The van der Waals surface area contributed by atoms with Gasteiger partial charge in [-0.3, -0.25) is 9.59 Å². The molecule has 0 radical (unpaired) electrons. The van der Waals surface area contributed by atoms with Crippen LogP contribution in [-0.4, -0.2) is 51.5 Å². The quantitative estimate of drug-likeness (QED) is 0.854. The van der Waals surface area contributed by atoms with Gasteiger partial charge >= 0.3 is 0 Å². The van der Waals surface area contributed by atoms with E-state index in [9.17, 15) is 18.0 Å². The number of sulfonamides is 1. The van der Waals surface area contributed by atoms with E-state index in [0.717, 1.165) is 0 Å². The second kappa shape index (κ2) is 6.46. The van der Waals surface area contributed by atoms with Gasteiger partial charge in [-0.15, -0.1) is 0 Å². The molecule has 1 aliphatic rings. The highest BCUT2D eigenvalue weighted by Gasteiger charge is 2.33. The minimum absolute atomic E-state index is 0.107. The van der Waals surface area contributed by atoms with Crippen molar-refractivity contribution in [2.24, 2.45) is 11.1 Å². The zero-order valence-electron chi connectivity index (χ0n) is 12.8. The Morgan fingerprint density at radius 1 is 1.43 bits per heavy atom. The molecule has 1 aliphatic heterocycles. The maximum absolute atomic E-state index is 12.1. The van der Waals surface area contributed by atoms with Crippen LogP contribution in [0.5, 0.6) is 0 Å². The van der Waals surface area contributed by atoms with Gasteiger partial charge in [-0.05, 0) is 18.2 Å². The Labute approximate surface area is 140 Å². The van der Waals surface area contributed by atoms with Crippen molar-refractivity contribution in [3.8, 4) is 0 Å². The van der Waals surface area contributed by atoms with Crippen LogP contribution in [0.25, 0.3) is 0 Å². The first-order chi connectivity index (χ1) is 10.6. The zero-order valence-corrected chi connectivity index (χ0v) is 14.4. The molecule has 9 heteroatoms. The number of nitrogens with zero attached hydrogens (tertiary/aromatic N) is 2. The lowest BCUT2D eigenvalue weighted by atomic mass is 10.1. The predicted octanol–water partition coefficient (Wildman–Crippen LogP) is 0.683. The number of nitrogens with two attached hydrogens (primary N) is 1. The highest BCUT2D eigenvalue weighted by molar-refractivity contribution is 7.89. The Bertz CT molecular complexity index is 748. The van der Waals surface area contributed by atoms with Crippen molar-refractivity contribution >= 4 is 39.1 Å². The van der Waals surface area contributed by atoms with E-state index in [0.29, 0.717) is 10.7 Å². The van der Waals surface area contributed by atoms with Gasteiger partial charge in [0, 0.05) is 38.7 Å². The SMILES string of the molecule is CN(C)C(=O)c1cc(N2CC(CS(N)(=O)=O)CC2=O)ccc1Cl. The van der Waals surface area contributed by atoms with Crippen LogP contribution in [-0.2, 0) is 14.8 Å². The van der Waals surface area contributed by atoms with E-state index in [1.54, 1.807) is 32.3 Å². The van der Waals surface area contributed by atoms with Gasteiger partial charge in [-0.1, -0.05) is 11.6 Å². The van der Waals surface area contributed by atoms with Gasteiger partial charge in [0.1, 0.15) is 0 Å². The van der Waals surface area contributed by atoms with E-state index in [1.165, 1.54) is 9.80 Å². The third kappa shape index (κ3) is 4.21. The van der Waals surface area contributed by atoms with Gasteiger partial charge in [0.2, 0.25) is 15.9 Å². The van der Waals surface area contributed by atoms with Gasteiger partial charge in [0.05, 0.1) is 16.3 Å². The van der Waals surface area contributed by atoms with Crippen molar-refractivity contribution in [2.75, 3.05) is 31.3 Å². The lowest BCUT2D eigenvalue weighted by Crippen LogP contribution is -2.28. The smallest absolute Gasteiger partial charge is 0.254 e. The molecule has 1 aromatic rings. The fourth-order valence-corrected chi connectivity index (χ4v) is 3.64. The van der Waals surface area contributed by atoms with Gasteiger partial charge < -0.3 is 9.80 Å². The van der Waals surface area contributed by atoms with Crippen LogP contribution in [0.15, 0.2) is 18.2 Å². The van der Waals surface area contributed by atoms with E-state index in [-0.39, 0.29) is 42.0 Å². The Hall–Kier alpha value is -1.64. The van der Waals surface area contributed by atoms with E-state index >= 15 is 0 Å². The Balaban J connectivity index is 2.27. The number of anilines is 1. The lowest BCUT2D eigenvalue weighted by molar-refractivity contribution is -0.117. The number of carbonyl (C=O) groups is 2. The van der Waals surface area contributed by atoms with Crippen molar-refractivity contribution in [1.82, 2.24) is 4.90 Å². The van der Waals surface area contributed by atoms with E-state index < -0.39 is 10.0 Å². The molecule has 2 N–H and O–H groups in total. The van der Waals surface area contributed by atoms with Gasteiger partial charge in [0.15, 0.2) is 0 Å². The third-order valence-electron chi connectivity index (χ3n) is 3.57. The molecule has 1 aromatic carbocycles. The summed E-state index contributed by atoms with van der Waals surface area (Å²) in [5.41, 5.74) is 0.804. The van der Waals surface area contributed by atoms with Gasteiger partial charge in [-0.2, -0.15) is 0 Å². The maximum Gasteiger partial charge on any atom is 0.254 e. The maximum atomic E-state index is 12.1. The highest BCUT2D eigenvalue weighted by atomic mass is 35.5. The average molecular weight is 360 g/mol. The van der Waals surface area contributed by atoms with Crippen molar-refractivity contribution < 1.29 is 18.0 Å². The number of primary sulfonamides is 1. The Morgan fingerprint density at radius 2 is 2.09 bits per heavy atom. The number of rotatable bonds is 4. The number of halogens is 1. The standard InChI is InChI=1S/C14H18ClN3O4S/c1-17(2)14(20)11-6-10(3-4-12(11)15)18-7-9(5-13(18)19)8-23(16,21)22/h3-4,6,9H,5,7-8H2,1-2H3,(H2,16,21,22). The molecule has 2 amide bonds. The second-order valence-electron chi connectivity index (χ2n) is 5.77. The molecule has 1 heterocycles.